The van der Waals surface area contributed by atoms with Crippen molar-refractivity contribution in [2.45, 2.75) is 70.5 Å². The van der Waals surface area contributed by atoms with Gasteiger partial charge in [-0.25, -0.2) is 0 Å². The summed E-state index contributed by atoms with van der Waals surface area (Å²) in [6, 6.07) is 12.5. The first-order valence-electron chi connectivity index (χ1n) is 8.36. The van der Waals surface area contributed by atoms with Crippen molar-refractivity contribution in [2.24, 2.45) is 0 Å². The molecule has 2 heterocycles. The zero-order valence-corrected chi connectivity index (χ0v) is 12.7. The molecule has 108 valence electrons. The number of nitrogens with zero attached hydrogens (tertiary/aromatic N) is 1. The molecule has 0 N–H and O–H groups in total. The van der Waals surface area contributed by atoms with Gasteiger partial charge >= 0.3 is 0 Å². The molecule has 2 aliphatic rings. The zero-order chi connectivity index (χ0) is 13.8. The minimum atomic E-state index is 0.714. The molecule has 1 fully saturated rings. The zero-order valence-electron chi connectivity index (χ0n) is 12.7. The van der Waals surface area contributed by atoms with Crippen LogP contribution in [0.3, 0.4) is 0 Å². The second-order valence-corrected chi connectivity index (χ2v) is 6.44. The van der Waals surface area contributed by atoms with Crippen LogP contribution in [-0.2, 0) is 6.54 Å². The highest BCUT2D eigenvalue weighted by Crippen LogP contribution is 2.37. The lowest BCUT2D eigenvalue weighted by Gasteiger charge is -2.34. The second-order valence-electron chi connectivity index (χ2n) is 6.44. The molecule has 0 amide bonds. The molecule has 0 spiro atoms. The molecule has 1 nitrogen and oxygen atoms in total. The lowest BCUT2D eigenvalue weighted by molar-refractivity contribution is 0.194. The number of rotatable bonds is 6. The Hall–Kier alpha value is -1.08. The van der Waals surface area contributed by atoms with Crippen molar-refractivity contribution in [3.63, 3.8) is 0 Å². The van der Waals surface area contributed by atoms with Crippen LogP contribution < -0.4 is 0 Å². The molecular formula is C19H27N. The molecule has 0 aliphatic carbocycles. The third-order valence-corrected chi connectivity index (χ3v) is 4.93. The molecular weight excluding hydrogens is 242 g/mol. The highest BCUT2D eigenvalue weighted by Gasteiger charge is 2.35. The molecule has 1 aromatic rings. The van der Waals surface area contributed by atoms with E-state index in [-0.39, 0.29) is 0 Å². The van der Waals surface area contributed by atoms with Gasteiger partial charge in [-0.2, -0.15) is 0 Å². The Morgan fingerprint density at radius 3 is 2.70 bits per heavy atom. The van der Waals surface area contributed by atoms with Crippen LogP contribution in [0, 0.1) is 0 Å². The Balaban J connectivity index is 1.62. The standard InChI is InChI=1S/C19H27N/c1-2-3-5-10-17-13-18-11-12-19(14-17)20(18)15-16-8-6-4-7-9-16/h4,6-9,13,18-19H,2-3,5,10-12,14-15H2,1H3. The van der Waals surface area contributed by atoms with E-state index >= 15 is 0 Å². The summed E-state index contributed by atoms with van der Waals surface area (Å²) in [6.45, 7) is 3.43. The molecule has 1 aromatic carbocycles. The second kappa shape index (κ2) is 6.58. The van der Waals surface area contributed by atoms with Gasteiger partial charge in [-0.05, 0) is 37.7 Å². The summed E-state index contributed by atoms with van der Waals surface area (Å²) in [5.41, 5.74) is 3.21. The molecule has 2 aliphatic heterocycles. The molecule has 3 rings (SSSR count). The first-order valence-corrected chi connectivity index (χ1v) is 8.36. The van der Waals surface area contributed by atoms with Crippen LogP contribution in [0.25, 0.3) is 0 Å². The summed E-state index contributed by atoms with van der Waals surface area (Å²) in [7, 11) is 0. The number of unbranched alkanes of at least 4 members (excludes halogenated alkanes) is 2. The van der Waals surface area contributed by atoms with Crippen LogP contribution >= 0.6 is 0 Å². The average Bonchev–Trinajstić information content (AvgIpc) is 2.72. The van der Waals surface area contributed by atoms with Crippen molar-refractivity contribution in [1.82, 2.24) is 4.90 Å². The van der Waals surface area contributed by atoms with E-state index in [0.717, 1.165) is 12.6 Å². The van der Waals surface area contributed by atoms with E-state index < -0.39 is 0 Å². The normalized spacial score (nSPS) is 25.8. The van der Waals surface area contributed by atoms with Crippen LogP contribution in [0.15, 0.2) is 42.0 Å². The van der Waals surface area contributed by atoms with Crippen LogP contribution in [0.1, 0.15) is 57.4 Å². The van der Waals surface area contributed by atoms with Gasteiger partial charge in [-0.1, -0.05) is 61.7 Å². The molecule has 1 heteroatoms. The van der Waals surface area contributed by atoms with Gasteiger partial charge in [0.25, 0.3) is 0 Å². The molecule has 1 saturated heterocycles. The third kappa shape index (κ3) is 3.15. The quantitative estimate of drug-likeness (QED) is 0.523. The van der Waals surface area contributed by atoms with Gasteiger partial charge < -0.3 is 0 Å². The molecule has 0 radical (unpaired) electrons. The van der Waals surface area contributed by atoms with Gasteiger partial charge in [-0.3, -0.25) is 4.90 Å². The van der Waals surface area contributed by atoms with Crippen molar-refractivity contribution >= 4 is 0 Å². The molecule has 2 bridgehead atoms. The first kappa shape index (κ1) is 13.9. The van der Waals surface area contributed by atoms with Crippen molar-refractivity contribution in [3.05, 3.63) is 47.5 Å². The topological polar surface area (TPSA) is 3.24 Å². The van der Waals surface area contributed by atoms with Crippen molar-refractivity contribution in [1.29, 1.82) is 0 Å². The van der Waals surface area contributed by atoms with Gasteiger partial charge in [-0.15, -0.1) is 0 Å². The van der Waals surface area contributed by atoms with E-state index in [0.29, 0.717) is 6.04 Å². The maximum atomic E-state index is 2.73. The number of benzene rings is 1. The summed E-state index contributed by atoms with van der Waals surface area (Å²) < 4.78 is 0. The third-order valence-electron chi connectivity index (χ3n) is 4.93. The van der Waals surface area contributed by atoms with E-state index in [4.69, 9.17) is 0 Å². The van der Waals surface area contributed by atoms with E-state index in [2.05, 4.69) is 48.2 Å². The van der Waals surface area contributed by atoms with Crippen LogP contribution in [0.5, 0.6) is 0 Å². The monoisotopic (exact) mass is 269 g/mol. The van der Waals surface area contributed by atoms with Crippen LogP contribution in [0.4, 0.5) is 0 Å². The highest BCUT2D eigenvalue weighted by molar-refractivity contribution is 5.21. The van der Waals surface area contributed by atoms with E-state index in [9.17, 15) is 0 Å². The fourth-order valence-electron chi connectivity index (χ4n) is 3.83. The smallest absolute Gasteiger partial charge is 0.0288 e. The van der Waals surface area contributed by atoms with E-state index in [1.807, 2.05) is 0 Å². The molecule has 2 atom stereocenters. The van der Waals surface area contributed by atoms with Gasteiger partial charge in [0.05, 0.1) is 0 Å². The van der Waals surface area contributed by atoms with Crippen LogP contribution in [0.2, 0.25) is 0 Å². The number of hydrogen-bond donors (Lipinski definition) is 0. The Labute approximate surface area is 123 Å². The summed E-state index contributed by atoms with van der Waals surface area (Å²) in [6.07, 6.45) is 12.1. The summed E-state index contributed by atoms with van der Waals surface area (Å²) in [4.78, 5) is 2.73. The Kier molecular flexibility index (Phi) is 4.57. The summed E-state index contributed by atoms with van der Waals surface area (Å²) in [5, 5.41) is 0. The van der Waals surface area contributed by atoms with Crippen molar-refractivity contribution in [3.8, 4) is 0 Å². The largest absolute Gasteiger partial charge is 0.289 e. The SMILES string of the molecule is CCCCCC1=CC2CCC(C1)N2Cc1ccccc1. The van der Waals surface area contributed by atoms with Gasteiger partial charge in [0.15, 0.2) is 0 Å². The van der Waals surface area contributed by atoms with Crippen molar-refractivity contribution in [2.75, 3.05) is 0 Å². The predicted molar refractivity (Wildman–Crippen MR) is 85.6 cm³/mol. The van der Waals surface area contributed by atoms with Gasteiger partial charge in [0.2, 0.25) is 0 Å². The molecule has 2 unspecified atom stereocenters. The average molecular weight is 269 g/mol. The fourth-order valence-corrected chi connectivity index (χ4v) is 3.83. The van der Waals surface area contributed by atoms with Crippen molar-refractivity contribution < 1.29 is 0 Å². The van der Waals surface area contributed by atoms with E-state index in [1.165, 1.54) is 50.5 Å². The Bertz CT molecular complexity index is 448. The number of fused-ring (bicyclic) bond motifs is 2. The highest BCUT2D eigenvalue weighted by atomic mass is 15.2. The fraction of sp³-hybridized carbons (Fsp3) is 0.579. The molecule has 20 heavy (non-hydrogen) atoms. The first-order chi connectivity index (χ1) is 9.86. The lowest BCUT2D eigenvalue weighted by atomic mass is 9.96. The molecule has 0 aromatic heterocycles. The summed E-state index contributed by atoms with van der Waals surface area (Å²) in [5.74, 6) is 0. The molecule has 0 saturated carbocycles. The number of hydrogen-bond acceptors (Lipinski definition) is 1. The van der Waals surface area contributed by atoms with E-state index in [1.54, 1.807) is 5.57 Å². The van der Waals surface area contributed by atoms with Gasteiger partial charge in [0.1, 0.15) is 0 Å². The van der Waals surface area contributed by atoms with Crippen LogP contribution in [-0.4, -0.2) is 17.0 Å². The summed E-state index contributed by atoms with van der Waals surface area (Å²) >= 11 is 0. The minimum Gasteiger partial charge on any atom is -0.289 e. The predicted octanol–water partition coefficient (Wildman–Crippen LogP) is 4.93. The maximum Gasteiger partial charge on any atom is 0.0288 e. The Morgan fingerprint density at radius 2 is 1.95 bits per heavy atom. The lowest BCUT2D eigenvalue weighted by Crippen LogP contribution is -2.37. The van der Waals surface area contributed by atoms with Gasteiger partial charge in [0, 0.05) is 18.6 Å². The maximum absolute atomic E-state index is 2.73. The Morgan fingerprint density at radius 1 is 1.10 bits per heavy atom. The minimum absolute atomic E-state index is 0.714.